The van der Waals surface area contributed by atoms with Gasteiger partial charge in [0.25, 0.3) is 0 Å². The lowest BCUT2D eigenvalue weighted by atomic mass is 10.1. The van der Waals surface area contributed by atoms with E-state index in [1.807, 2.05) is 6.07 Å². The Bertz CT molecular complexity index is 348. The molecule has 4 heteroatoms. The van der Waals surface area contributed by atoms with Crippen LogP contribution in [-0.4, -0.2) is 17.5 Å². The van der Waals surface area contributed by atoms with E-state index in [2.05, 4.69) is 0 Å². The zero-order valence-corrected chi connectivity index (χ0v) is 8.35. The van der Waals surface area contributed by atoms with Gasteiger partial charge in [0.05, 0.1) is 18.2 Å². The second kappa shape index (κ2) is 5.63. The van der Waals surface area contributed by atoms with Crippen molar-refractivity contribution in [3.63, 3.8) is 0 Å². The van der Waals surface area contributed by atoms with Gasteiger partial charge in [-0.3, -0.25) is 0 Å². The SMILES string of the molecule is N#Cc1ccc(F)c(CSCCO)c1. The fourth-order valence-electron chi connectivity index (χ4n) is 1.00. The number of halogens is 1. The molecule has 1 aromatic rings. The molecule has 0 amide bonds. The topological polar surface area (TPSA) is 44.0 Å². The fourth-order valence-corrected chi connectivity index (χ4v) is 1.72. The molecule has 2 nitrogen and oxygen atoms in total. The molecule has 1 aromatic carbocycles. The summed E-state index contributed by atoms with van der Waals surface area (Å²) in [4.78, 5) is 0. The highest BCUT2D eigenvalue weighted by Gasteiger charge is 2.03. The molecule has 0 aliphatic carbocycles. The molecule has 14 heavy (non-hydrogen) atoms. The first-order valence-corrected chi connectivity index (χ1v) is 5.30. The van der Waals surface area contributed by atoms with Crippen molar-refractivity contribution >= 4 is 11.8 Å². The van der Waals surface area contributed by atoms with Gasteiger partial charge in [-0.2, -0.15) is 17.0 Å². The van der Waals surface area contributed by atoms with Crippen molar-refractivity contribution in [3.8, 4) is 6.07 Å². The minimum atomic E-state index is -0.297. The molecular formula is C10H10FNOS. The largest absolute Gasteiger partial charge is 0.396 e. The molecule has 0 saturated carbocycles. The van der Waals surface area contributed by atoms with Crippen molar-refractivity contribution < 1.29 is 9.50 Å². The van der Waals surface area contributed by atoms with Crippen molar-refractivity contribution in [2.75, 3.05) is 12.4 Å². The molecule has 0 aliphatic rings. The van der Waals surface area contributed by atoms with E-state index < -0.39 is 0 Å². The van der Waals surface area contributed by atoms with Gasteiger partial charge in [-0.25, -0.2) is 4.39 Å². The Kier molecular flexibility index (Phi) is 4.44. The predicted molar refractivity (Wildman–Crippen MR) is 54.4 cm³/mol. The van der Waals surface area contributed by atoms with Crippen LogP contribution in [-0.2, 0) is 5.75 Å². The molecule has 1 N–H and O–H groups in total. The van der Waals surface area contributed by atoms with E-state index in [-0.39, 0.29) is 12.4 Å². The third-order valence-electron chi connectivity index (χ3n) is 1.67. The summed E-state index contributed by atoms with van der Waals surface area (Å²) in [6, 6.07) is 6.25. The number of aliphatic hydroxyl groups excluding tert-OH is 1. The predicted octanol–water partition coefficient (Wildman–Crippen LogP) is 1.92. The summed E-state index contributed by atoms with van der Waals surface area (Å²) in [5.41, 5.74) is 0.980. The number of thioether (sulfide) groups is 1. The molecule has 0 unspecified atom stereocenters. The maximum Gasteiger partial charge on any atom is 0.127 e. The molecule has 0 aromatic heterocycles. The van der Waals surface area contributed by atoms with Crippen molar-refractivity contribution in [2.24, 2.45) is 0 Å². The lowest BCUT2D eigenvalue weighted by Crippen LogP contribution is -1.92. The number of hydrogen-bond donors (Lipinski definition) is 1. The van der Waals surface area contributed by atoms with Crippen LogP contribution in [0.4, 0.5) is 4.39 Å². The van der Waals surface area contributed by atoms with E-state index in [0.717, 1.165) is 0 Å². The van der Waals surface area contributed by atoms with E-state index in [1.165, 1.54) is 23.9 Å². The van der Waals surface area contributed by atoms with Gasteiger partial charge in [-0.15, -0.1) is 0 Å². The first-order chi connectivity index (χ1) is 6.77. The minimum Gasteiger partial charge on any atom is -0.396 e. The maximum absolute atomic E-state index is 13.1. The summed E-state index contributed by atoms with van der Waals surface area (Å²) in [5.74, 6) is 0.771. The summed E-state index contributed by atoms with van der Waals surface area (Å²) < 4.78 is 13.1. The number of nitrogens with zero attached hydrogens (tertiary/aromatic N) is 1. The smallest absolute Gasteiger partial charge is 0.127 e. The Balaban J connectivity index is 2.70. The second-order valence-electron chi connectivity index (χ2n) is 2.69. The highest BCUT2D eigenvalue weighted by atomic mass is 32.2. The molecule has 0 bridgehead atoms. The average molecular weight is 211 g/mol. The third kappa shape index (κ3) is 3.02. The van der Waals surface area contributed by atoms with Gasteiger partial charge in [-0.05, 0) is 23.8 Å². The van der Waals surface area contributed by atoms with E-state index in [0.29, 0.717) is 22.6 Å². The van der Waals surface area contributed by atoms with Crippen LogP contribution < -0.4 is 0 Å². The Morgan fingerprint density at radius 3 is 2.93 bits per heavy atom. The number of benzene rings is 1. The summed E-state index contributed by atoms with van der Waals surface area (Å²) >= 11 is 1.44. The van der Waals surface area contributed by atoms with Gasteiger partial charge in [0.15, 0.2) is 0 Å². The van der Waals surface area contributed by atoms with Crippen LogP contribution in [0, 0.1) is 17.1 Å². The van der Waals surface area contributed by atoms with E-state index in [9.17, 15) is 4.39 Å². The van der Waals surface area contributed by atoms with Gasteiger partial charge in [0.1, 0.15) is 5.82 Å². The molecular weight excluding hydrogens is 201 g/mol. The summed E-state index contributed by atoms with van der Waals surface area (Å²) in [5, 5.41) is 17.2. The third-order valence-corrected chi connectivity index (χ3v) is 2.65. The Morgan fingerprint density at radius 2 is 2.29 bits per heavy atom. The van der Waals surface area contributed by atoms with Crippen LogP contribution >= 0.6 is 11.8 Å². The van der Waals surface area contributed by atoms with Gasteiger partial charge >= 0.3 is 0 Å². The van der Waals surface area contributed by atoms with Crippen molar-refractivity contribution in [3.05, 3.63) is 35.1 Å². The highest BCUT2D eigenvalue weighted by molar-refractivity contribution is 7.98. The number of hydrogen-bond acceptors (Lipinski definition) is 3. The summed E-state index contributed by atoms with van der Waals surface area (Å²) in [7, 11) is 0. The monoisotopic (exact) mass is 211 g/mol. The molecule has 0 atom stereocenters. The van der Waals surface area contributed by atoms with E-state index >= 15 is 0 Å². The molecule has 1 rings (SSSR count). The standard InChI is InChI=1S/C10H10FNOS/c11-10-2-1-8(6-12)5-9(10)7-14-4-3-13/h1-2,5,13H,3-4,7H2. The molecule has 0 fully saturated rings. The lowest BCUT2D eigenvalue weighted by Gasteiger charge is -2.02. The first kappa shape index (κ1) is 11.0. The van der Waals surface area contributed by atoms with Gasteiger partial charge in [0.2, 0.25) is 0 Å². The minimum absolute atomic E-state index is 0.0875. The number of rotatable bonds is 4. The highest BCUT2D eigenvalue weighted by Crippen LogP contribution is 2.16. The second-order valence-corrected chi connectivity index (χ2v) is 3.80. The number of aliphatic hydroxyl groups is 1. The molecule has 0 heterocycles. The molecule has 0 spiro atoms. The zero-order chi connectivity index (χ0) is 10.4. The molecule has 0 radical (unpaired) electrons. The zero-order valence-electron chi connectivity index (χ0n) is 7.53. The Hall–Kier alpha value is -1.05. The van der Waals surface area contributed by atoms with Crippen LogP contribution in [0.2, 0.25) is 0 Å². The average Bonchev–Trinajstić information content (AvgIpc) is 2.21. The summed E-state index contributed by atoms with van der Waals surface area (Å²) in [6.45, 7) is 0.0875. The first-order valence-electron chi connectivity index (χ1n) is 4.15. The Labute approximate surface area is 86.4 Å². The van der Waals surface area contributed by atoms with Crippen LogP contribution in [0.1, 0.15) is 11.1 Å². The molecule has 0 aliphatic heterocycles. The maximum atomic E-state index is 13.1. The van der Waals surface area contributed by atoms with Crippen molar-refractivity contribution in [1.82, 2.24) is 0 Å². The van der Waals surface area contributed by atoms with Crippen molar-refractivity contribution in [1.29, 1.82) is 5.26 Å². The lowest BCUT2D eigenvalue weighted by molar-refractivity contribution is 0.322. The van der Waals surface area contributed by atoms with Crippen LogP contribution in [0.25, 0.3) is 0 Å². The number of nitriles is 1. The summed E-state index contributed by atoms with van der Waals surface area (Å²) in [6.07, 6.45) is 0. The normalized spacial score (nSPS) is 9.79. The van der Waals surface area contributed by atoms with E-state index in [4.69, 9.17) is 10.4 Å². The Morgan fingerprint density at radius 1 is 1.50 bits per heavy atom. The fraction of sp³-hybridized carbons (Fsp3) is 0.300. The van der Waals surface area contributed by atoms with E-state index in [1.54, 1.807) is 6.07 Å². The van der Waals surface area contributed by atoms with Crippen LogP contribution in [0.5, 0.6) is 0 Å². The van der Waals surface area contributed by atoms with Gasteiger partial charge < -0.3 is 5.11 Å². The quantitative estimate of drug-likeness (QED) is 0.774. The molecule has 0 saturated heterocycles. The van der Waals surface area contributed by atoms with Crippen molar-refractivity contribution in [2.45, 2.75) is 5.75 Å². The van der Waals surface area contributed by atoms with Crippen LogP contribution in [0.3, 0.4) is 0 Å². The molecule has 74 valence electrons. The van der Waals surface area contributed by atoms with Gasteiger partial charge in [0, 0.05) is 11.5 Å². The van der Waals surface area contributed by atoms with Gasteiger partial charge in [-0.1, -0.05) is 0 Å². The van der Waals surface area contributed by atoms with Crippen LogP contribution in [0.15, 0.2) is 18.2 Å².